The van der Waals surface area contributed by atoms with Gasteiger partial charge in [0.2, 0.25) is 0 Å². The molecule has 0 spiro atoms. The quantitative estimate of drug-likeness (QED) is 0.562. The Bertz CT molecular complexity index is 1100. The van der Waals surface area contributed by atoms with E-state index < -0.39 is 0 Å². The average molecular weight is 343 g/mol. The third-order valence-corrected chi connectivity index (χ3v) is 4.46. The van der Waals surface area contributed by atoms with Gasteiger partial charge in [-0.3, -0.25) is 4.57 Å². The molecule has 0 fully saturated rings. The van der Waals surface area contributed by atoms with Gasteiger partial charge < -0.3 is 10.3 Å². The van der Waals surface area contributed by atoms with Gasteiger partial charge in [-0.15, -0.1) is 0 Å². The predicted molar refractivity (Wildman–Crippen MR) is 107 cm³/mol. The maximum atomic E-state index is 12.5. The summed E-state index contributed by atoms with van der Waals surface area (Å²) in [7, 11) is 0. The van der Waals surface area contributed by atoms with E-state index in [9.17, 15) is 4.79 Å². The molecule has 4 heteroatoms. The van der Waals surface area contributed by atoms with Crippen LogP contribution in [0.15, 0.2) is 71.5 Å². The first-order chi connectivity index (χ1) is 12.6. The van der Waals surface area contributed by atoms with Crippen LogP contribution in [0.4, 0.5) is 11.4 Å². The molecule has 0 aliphatic rings. The van der Waals surface area contributed by atoms with Crippen molar-refractivity contribution in [1.82, 2.24) is 9.55 Å². The third-order valence-electron chi connectivity index (χ3n) is 4.46. The van der Waals surface area contributed by atoms with Gasteiger partial charge in [0.15, 0.2) is 0 Å². The summed E-state index contributed by atoms with van der Waals surface area (Å²) in [6, 6.07) is 22.3. The second kappa shape index (κ2) is 6.56. The summed E-state index contributed by atoms with van der Waals surface area (Å²) in [5, 5.41) is 3.36. The zero-order chi connectivity index (χ0) is 18.1. The van der Waals surface area contributed by atoms with Crippen LogP contribution < -0.4 is 11.0 Å². The van der Waals surface area contributed by atoms with Gasteiger partial charge in [-0.25, -0.2) is 4.79 Å². The molecule has 4 rings (SSSR count). The van der Waals surface area contributed by atoms with Gasteiger partial charge in [0.05, 0.1) is 17.6 Å². The molecule has 1 aromatic heterocycles. The minimum atomic E-state index is -0.0870. The number of anilines is 2. The lowest BCUT2D eigenvalue weighted by atomic mass is 10.1. The normalized spacial score (nSPS) is 11.0. The summed E-state index contributed by atoms with van der Waals surface area (Å²) in [6.07, 6.45) is 0. The van der Waals surface area contributed by atoms with E-state index in [1.54, 1.807) is 4.57 Å². The molecule has 0 unspecified atom stereocenters. The number of benzene rings is 3. The zero-order valence-corrected chi connectivity index (χ0v) is 14.9. The molecule has 130 valence electrons. The van der Waals surface area contributed by atoms with Crippen molar-refractivity contribution in [3.05, 3.63) is 93.9 Å². The fourth-order valence-corrected chi connectivity index (χ4v) is 3.43. The molecule has 0 aliphatic heterocycles. The summed E-state index contributed by atoms with van der Waals surface area (Å²) in [5.74, 6) is 0. The van der Waals surface area contributed by atoms with Crippen LogP contribution in [0.2, 0.25) is 0 Å². The van der Waals surface area contributed by atoms with Crippen molar-refractivity contribution >= 4 is 22.4 Å². The molecule has 0 saturated carbocycles. The lowest BCUT2D eigenvalue weighted by Gasteiger charge is -2.08. The number of H-pyrrole nitrogens is 1. The number of aryl methyl sites for hydroxylation is 2. The van der Waals surface area contributed by atoms with Crippen LogP contribution in [0.5, 0.6) is 0 Å². The third kappa shape index (κ3) is 3.26. The van der Waals surface area contributed by atoms with Crippen LogP contribution in [0.25, 0.3) is 11.0 Å². The van der Waals surface area contributed by atoms with E-state index in [4.69, 9.17) is 0 Å². The van der Waals surface area contributed by atoms with Crippen molar-refractivity contribution in [2.75, 3.05) is 5.32 Å². The van der Waals surface area contributed by atoms with Gasteiger partial charge >= 0.3 is 5.69 Å². The van der Waals surface area contributed by atoms with Gasteiger partial charge in [0.1, 0.15) is 0 Å². The topological polar surface area (TPSA) is 49.8 Å². The van der Waals surface area contributed by atoms with Crippen molar-refractivity contribution in [1.29, 1.82) is 0 Å². The predicted octanol–water partition coefficient (Wildman–Crippen LogP) is 4.74. The van der Waals surface area contributed by atoms with Crippen LogP contribution in [-0.4, -0.2) is 9.55 Å². The number of nitrogens with one attached hydrogen (secondary N) is 2. The molecule has 2 N–H and O–H groups in total. The average Bonchev–Trinajstić information content (AvgIpc) is 2.90. The van der Waals surface area contributed by atoms with Crippen LogP contribution >= 0.6 is 0 Å². The van der Waals surface area contributed by atoms with Crippen molar-refractivity contribution in [3.63, 3.8) is 0 Å². The van der Waals surface area contributed by atoms with Gasteiger partial charge in [-0.1, -0.05) is 47.5 Å². The second-order valence-electron chi connectivity index (χ2n) is 6.74. The fraction of sp³-hybridized carbons (Fsp3) is 0.136. The first-order valence-corrected chi connectivity index (χ1v) is 8.70. The molecule has 4 nitrogen and oxygen atoms in total. The molecule has 1 heterocycles. The minimum Gasteiger partial charge on any atom is -0.355 e. The SMILES string of the molecule is Cc1cc(C)cc(Cn2c(=O)[nH]c3cc(Nc4ccccc4)ccc32)c1. The smallest absolute Gasteiger partial charge is 0.326 e. The van der Waals surface area contributed by atoms with E-state index in [1.807, 2.05) is 48.5 Å². The summed E-state index contributed by atoms with van der Waals surface area (Å²) >= 11 is 0. The van der Waals surface area contributed by atoms with Gasteiger partial charge in [0, 0.05) is 11.4 Å². The lowest BCUT2D eigenvalue weighted by molar-refractivity contribution is 0.785. The highest BCUT2D eigenvalue weighted by atomic mass is 16.1. The summed E-state index contributed by atoms with van der Waals surface area (Å²) < 4.78 is 1.79. The number of rotatable bonds is 4. The number of nitrogens with zero attached hydrogens (tertiary/aromatic N) is 1. The molecular weight excluding hydrogens is 322 g/mol. The standard InChI is InChI=1S/C22H21N3O/c1-15-10-16(2)12-17(11-15)14-25-21-9-8-19(13-20(21)24-22(25)26)23-18-6-4-3-5-7-18/h3-13,23H,14H2,1-2H3,(H,24,26). The van der Waals surface area contributed by atoms with E-state index in [-0.39, 0.29) is 5.69 Å². The molecule has 0 bridgehead atoms. The Balaban J connectivity index is 1.68. The van der Waals surface area contributed by atoms with Crippen molar-refractivity contribution < 1.29 is 0 Å². The molecule has 0 saturated heterocycles. The van der Waals surface area contributed by atoms with E-state index in [1.165, 1.54) is 11.1 Å². The zero-order valence-electron chi connectivity index (χ0n) is 14.9. The Hall–Kier alpha value is -3.27. The van der Waals surface area contributed by atoms with E-state index >= 15 is 0 Å². The Labute approximate surface area is 152 Å². The highest BCUT2D eigenvalue weighted by Crippen LogP contribution is 2.21. The molecule has 0 radical (unpaired) electrons. The highest BCUT2D eigenvalue weighted by molar-refractivity contribution is 5.81. The first kappa shape index (κ1) is 16.2. The second-order valence-corrected chi connectivity index (χ2v) is 6.74. The Morgan fingerprint density at radius 3 is 2.35 bits per heavy atom. The minimum absolute atomic E-state index is 0.0870. The van der Waals surface area contributed by atoms with Crippen LogP contribution in [0, 0.1) is 13.8 Å². The monoisotopic (exact) mass is 343 g/mol. The fourth-order valence-electron chi connectivity index (χ4n) is 3.43. The number of aromatic amines is 1. The molecule has 3 aromatic carbocycles. The van der Waals surface area contributed by atoms with Crippen molar-refractivity contribution in [3.8, 4) is 0 Å². The number of fused-ring (bicyclic) bond motifs is 1. The number of aromatic nitrogens is 2. The van der Waals surface area contributed by atoms with Crippen LogP contribution in [-0.2, 0) is 6.54 Å². The maximum absolute atomic E-state index is 12.5. The van der Waals surface area contributed by atoms with E-state index in [2.05, 4.69) is 42.3 Å². The highest BCUT2D eigenvalue weighted by Gasteiger charge is 2.09. The number of hydrogen-bond donors (Lipinski definition) is 2. The molecule has 26 heavy (non-hydrogen) atoms. The van der Waals surface area contributed by atoms with Gasteiger partial charge in [0.25, 0.3) is 0 Å². The van der Waals surface area contributed by atoms with Crippen LogP contribution in [0.3, 0.4) is 0 Å². The number of imidazole rings is 1. The summed E-state index contributed by atoms with van der Waals surface area (Å²) in [6.45, 7) is 4.72. The van der Waals surface area contributed by atoms with Crippen molar-refractivity contribution in [2.45, 2.75) is 20.4 Å². The number of para-hydroxylation sites is 1. The van der Waals surface area contributed by atoms with E-state index in [0.29, 0.717) is 6.54 Å². The van der Waals surface area contributed by atoms with Crippen molar-refractivity contribution in [2.24, 2.45) is 0 Å². The largest absolute Gasteiger partial charge is 0.355 e. The molecule has 4 aromatic rings. The summed E-state index contributed by atoms with van der Waals surface area (Å²) in [5.41, 5.74) is 7.18. The maximum Gasteiger partial charge on any atom is 0.326 e. The lowest BCUT2D eigenvalue weighted by Crippen LogP contribution is -2.17. The molecule has 0 atom stereocenters. The molecular formula is C22H21N3O. The van der Waals surface area contributed by atoms with Crippen LogP contribution in [0.1, 0.15) is 16.7 Å². The van der Waals surface area contributed by atoms with Gasteiger partial charge in [-0.05, 0) is 49.7 Å². The van der Waals surface area contributed by atoms with Gasteiger partial charge in [-0.2, -0.15) is 0 Å². The Morgan fingerprint density at radius 1 is 0.885 bits per heavy atom. The van der Waals surface area contributed by atoms with E-state index in [0.717, 1.165) is 28.0 Å². The number of hydrogen-bond acceptors (Lipinski definition) is 2. The Morgan fingerprint density at radius 2 is 1.62 bits per heavy atom. The first-order valence-electron chi connectivity index (χ1n) is 8.70. The Kier molecular flexibility index (Phi) is 4.09. The summed E-state index contributed by atoms with van der Waals surface area (Å²) in [4.78, 5) is 15.4. The molecule has 0 amide bonds. The molecule has 0 aliphatic carbocycles.